The number of halogens is 1. The van der Waals surface area contributed by atoms with Crippen molar-refractivity contribution in [2.24, 2.45) is 5.92 Å². The average Bonchev–Trinajstić information content (AvgIpc) is 2.89. The maximum atomic E-state index is 13.0. The van der Waals surface area contributed by atoms with Crippen molar-refractivity contribution in [3.8, 4) is 0 Å². The molecule has 3 rings (SSSR count). The van der Waals surface area contributed by atoms with Crippen molar-refractivity contribution in [3.63, 3.8) is 0 Å². The van der Waals surface area contributed by atoms with E-state index in [1.54, 1.807) is 12.1 Å². The van der Waals surface area contributed by atoms with Crippen LogP contribution in [0.5, 0.6) is 0 Å². The van der Waals surface area contributed by atoms with Crippen LogP contribution < -0.4 is 5.32 Å². The maximum absolute atomic E-state index is 13.0. The Hall–Kier alpha value is -1.62. The van der Waals surface area contributed by atoms with E-state index in [1.807, 2.05) is 4.90 Å². The molecule has 2 aliphatic rings. The molecular weight excluding hydrogens is 283 g/mol. The topological polar surface area (TPSA) is 41.6 Å². The lowest BCUT2D eigenvalue weighted by Crippen LogP contribution is -2.37. The highest BCUT2D eigenvalue weighted by Gasteiger charge is 2.33. The number of nitrogens with one attached hydrogen (secondary N) is 1. The normalized spacial score (nSPS) is 22.9. The Morgan fingerprint density at radius 2 is 1.95 bits per heavy atom. The summed E-state index contributed by atoms with van der Waals surface area (Å²) in [5, 5.41) is 3.36. The number of hydrogen-bond donors (Lipinski definition) is 1. The number of hydrogen-bond acceptors (Lipinski definition) is 3. The summed E-state index contributed by atoms with van der Waals surface area (Å²) in [4.78, 5) is 13.8. The van der Waals surface area contributed by atoms with Crippen LogP contribution in [-0.2, 0) is 11.2 Å². The number of nitrogens with zero attached hydrogens (tertiary/aromatic N) is 1. The van der Waals surface area contributed by atoms with Crippen molar-refractivity contribution in [2.45, 2.75) is 31.7 Å². The maximum Gasteiger partial charge on any atom is 0.410 e. The highest BCUT2D eigenvalue weighted by Crippen LogP contribution is 2.22. The van der Waals surface area contributed by atoms with Crippen LogP contribution in [-0.4, -0.2) is 43.3 Å². The van der Waals surface area contributed by atoms with Crippen LogP contribution in [0.1, 0.15) is 24.8 Å². The monoisotopic (exact) mass is 306 g/mol. The molecule has 1 aromatic carbocycles. The summed E-state index contributed by atoms with van der Waals surface area (Å²) in [7, 11) is 0. The second kappa shape index (κ2) is 7.09. The number of rotatable bonds is 5. The quantitative estimate of drug-likeness (QED) is 0.909. The first-order valence-electron chi connectivity index (χ1n) is 8.11. The van der Waals surface area contributed by atoms with E-state index in [0.717, 1.165) is 38.0 Å². The molecule has 1 unspecified atom stereocenters. The van der Waals surface area contributed by atoms with Crippen molar-refractivity contribution in [2.75, 3.05) is 26.2 Å². The zero-order valence-electron chi connectivity index (χ0n) is 12.8. The molecule has 22 heavy (non-hydrogen) atoms. The summed E-state index contributed by atoms with van der Waals surface area (Å²) >= 11 is 0. The number of carbonyl (C=O) groups is 1. The van der Waals surface area contributed by atoms with Gasteiger partial charge in [-0.2, -0.15) is 0 Å². The Kier molecular flexibility index (Phi) is 4.93. The Balaban J connectivity index is 1.55. The van der Waals surface area contributed by atoms with E-state index >= 15 is 0 Å². The molecule has 4 nitrogen and oxygen atoms in total. The zero-order chi connectivity index (χ0) is 15.4. The third-order valence-corrected chi connectivity index (χ3v) is 4.70. The number of carbonyl (C=O) groups excluding carboxylic acids is 1. The zero-order valence-corrected chi connectivity index (χ0v) is 12.8. The smallest absolute Gasteiger partial charge is 0.410 e. The Morgan fingerprint density at radius 3 is 2.68 bits per heavy atom. The molecule has 0 radical (unpaired) electrons. The van der Waals surface area contributed by atoms with Gasteiger partial charge >= 0.3 is 6.09 Å². The number of piperidine rings is 1. The van der Waals surface area contributed by atoms with Gasteiger partial charge < -0.3 is 15.0 Å². The minimum absolute atomic E-state index is 0.0691. The van der Waals surface area contributed by atoms with Gasteiger partial charge in [0.05, 0.1) is 6.04 Å². The second-order valence-corrected chi connectivity index (χ2v) is 6.24. The summed E-state index contributed by atoms with van der Waals surface area (Å²) in [6, 6.07) is 6.56. The van der Waals surface area contributed by atoms with Crippen LogP contribution >= 0.6 is 0 Å². The Morgan fingerprint density at radius 1 is 1.23 bits per heavy atom. The average molecular weight is 306 g/mol. The van der Waals surface area contributed by atoms with Crippen LogP contribution in [0.15, 0.2) is 24.3 Å². The molecule has 0 spiro atoms. The lowest BCUT2D eigenvalue weighted by atomic mass is 9.94. The molecule has 1 atom stereocenters. The van der Waals surface area contributed by atoms with Gasteiger partial charge in [-0.15, -0.1) is 0 Å². The minimum Gasteiger partial charge on any atom is -0.447 e. The van der Waals surface area contributed by atoms with Gasteiger partial charge in [0, 0.05) is 6.54 Å². The molecule has 0 aromatic heterocycles. The molecule has 1 amide bonds. The fourth-order valence-electron chi connectivity index (χ4n) is 3.32. The highest BCUT2D eigenvalue weighted by molar-refractivity contribution is 5.70. The summed E-state index contributed by atoms with van der Waals surface area (Å²) in [5.74, 6) is 0.464. The molecule has 1 aromatic rings. The van der Waals surface area contributed by atoms with Crippen molar-refractivity contribution < 1.29 is 13.9 Å². The predicted molar refractivity (Wildman–Crippen MR) is 82.2 cm³/mol. The molecule has 0 aliphatic carbocycles. The van der Waals surface area contributed by atoms with E-state index in [1.165, 1.54) is 25.0 Å². The van der Waals surface area contributed by atoms with E-state index in [9.17, 15) is 9.18 Å². The molecule has 0 bridgehead atoms. The van der Waals surface area contributed by atoms with Crippen molar-refractivity contribution in [3.05, 3.63) is 35.6 Å². The van der Waals surface area contributed by atoms with E-state index in [4.69, 9.17) is 4.74 Å². The van der Waals surface area contributed by atoms with Gasteiger partial charge in [0.25, 0.3) is 0 Å². The van der Waals surface area contributed by atoms with Crippen LogP contribution in [0.25, 0.3) is 0 Å². The van der Waals surface area contributed by atoms with Crippen LogP contribution in [0, 0.1) is 11.7 Å². The molecular formula is C17H23FN2O2. The SMILES string of the molecule is O=C1OCC(Cc2ccc(F)cc2)N1CCC1CCNCC1. The first-order valence-corrected chi connectivity index (χ1v) is 8.11. The fourth-order valence-corrected chi connectivity index (χ4v) is 3.32. The van der Waals surface area contributed by atoms with Gasteiger partial charge in [-0.1, -0.05) is 12.1 Å². The van der Waals surface area contributed by atoms with E-state index in [2.05, 4.69) is 5.32 Å². The van der Waals surface area contributed by atoms with Gasteiger partial charge in [0.15, 0.2) is 0 Å². The van der Waals surface area contributed by atoms with Gasteiger partial charge in [-0.3, -0.25) is 0 Å². The van der Waals surface area contributed by atoms with E-state index < -0.39 is 0 Å². The molecule has 5 heteroatoms. The van der Waals surface area contributed by atoms with E-state index in [-0.39, 0.29) is 18.0 Å². The van der Waals surface area contributed by atoms with Crippen molar-refractivity contribution in [1.82, 2.24) is 10.2 Å². The van der Waals surface area contributed by atoms with Gasteiger partial charge in [0.2, 0.25) is 0 Å². The largest absolute Gasteiger partial charge is 0.447 e. The summed E-state index contributed by atoms with van der Waals surface area (Å²) in [6.07, 6.45) is 3.92. The van der Waals surface area contributed by atoms with Gasteiger partial charge in [0.1, 0.15) is 12.4 Å². The Bertz CT molecular complexity index is 500. The van der Waals surface area contributed by atoms with Crippen molar-refractivity contribution in [1.29, 1.82) is 0 Å². The number of cyclic esters (lactones) is 1. The molecule has 120 valence electrons. The number of benzene rings is 1. The molecule has 2 heterocycles. The van der Waals surface area contributed by atoms with Gasteiger partial charge in [-0.05, 0) is 62.4 Å². The lowest BCUT2D eigenvalue weighted by Gasteiger charge is -2.26. The molecule has 2 aliphatic heterocycles. The van der Waals surface area contributed by atoms with Gasteiger partial charge in [-0.25, -0.2) is 9.18 Å². The number of amides is 1. The molecule has 1 N–H and O–H groups in total. The summed E-state index contributed by atoms with van der Waals surface area (Å²) in [6.45, 7) is 3.35. The Labute approximate surface area is 130 Å². The standard InChI is InChI=1S/C17H23FN2O2/c18-15-3-1-14(2-4-15)11-16-12-22-17(21)20(16)10-7-13-5-8-19-9-6-13/h1-4,13,16,19H,5-12H2. The number of ether oxygens (including phenoxy) is 1. The first kappa shape index (κ1) is 15.3. The highest BCUT2D eigenvalue weighted by atomic mass is 19.1. The summed E-state index contributed by atoms with van der Waals surface area (Å²) < 4.78 is 18.2. The molecule has 0 saturated carbocycles. The first-order chi connectivity index (χ1) is 10.7. The van der Waals surface area contributed by atoms with Crippen LogP contribution in [0.3, 0.4) is 0 Å². The van der Waals surface area contributed by atoms with E-state index in [0.29, 0.717) is 12.5 Å². The fraction of sp³-hybridized carbons (Fsp3) is 0.588. The predicted octanol–water partition coefficient (Wildman–Crippen LogP) is 2.58. The third kappa shape index (κ3) is 3.77. The lowest BCUT2D eigenvalue weighted by molar-refractivity contribution is 0.154. The van der Waals surface area contributed by atoms with Crippen LogP contribution in [0.4, 0.5) is 9.18 Å². The third-order valence-electron chi connectivity index (χ3n) is 4.70. The second-order valence-electron chi connectivity index (χ2n) is 6.24. The molecule has 2 fully saturated rings. The van der Waals surface area contributed by atoms with Crippen LogP contribution in [0.2, 0.25) is 0 Å². The molecule has 2 saturated heterocycles. The summed E-state index contributed by atoms with van der Waals surface area (Å²) in [5.41, 5.74) is 1.04. The van der Waals surface area contributed by atoms with Crippen molar-refractivity contribution >= 4 is 6.09 Å². The minimum atomic E-state index is -0.231.